The average molecular weight is 238 g/mol. The maximum atomic E-state index is 10.7. The topological polar surface area (TPSA) is 69.4 Å². The lowest BCUT2D eigenvalue weighted by Gasteiger charge is -2.13. The van der Waals surface area contributed by atoms with E-state index in [0.29, 0.717) is 11.4 Å². The lowest BCUT2D eigenvalue weighted by molar-refractivity contribution is 0.111. The largest absolute Gasteiger partial charge is 0.494 e. The Morgan fingerprint density at radius 1 is 1.41 bits per heavy atom. The third-order valence-corrected chi connectivity index (χ3v) is 2.23. The predicted molar refractivity (Wildman–Crippen MR) is 66.1 cm³/mol. The van der Waals surface area contributed by atoms with Crippen LogP contribution in [0.3, 0.4) is 0 Å². The zero-order valence-corrected chi connectivity index (χ0v) is 10.5. The molecule has 0 aliphatic carbocycles. The summed E-state index contributed by atoms with van der Waals surface area (Å²) >= 11 is 0. The van der Waals surface area contributed by atoms with Crippen molar-refractivity contribution in [1.29, 1.82) is 0 Å². The smallest absolute Gasteiger partial charge is 0.170 e. The molecule has 0 amide bonds. The molecule has 6 nitrogen and oxygen atoms in total. The van der Waals surface area contributed by atoms with Gasteiger partial charge in [0.15, 0.2) is 6.29 Å². The summed E-state index contributed by atoms with van der Waals surface area (Å²) in [5, 5.41) is 1.79. The SMILES string of the molecule is CC.COc1cc(C2=CNNN2C)[nH]c1C=O. The number of ether oxygens (including phenoxy) is 1. The van der Waals surface area contributed by atoms with E-state index in [2.05, 4.69) is 15.9 Å². The summed E-state index contributed by atoms with van der Waals surface area (Å²) in [7, 11) is 3.39. The zero-order valence-electron chi connectivity index (χ0n) is 10.5. The van der Waals surface area contributed by atoms with Crippen LogP contribution in [-0.4, -0.2) is 30.4 Å². The second kappa shape index (κ2) is 5.95. The second-order valence-electron chi connectivity index (χ2n) is 3.13. The Kier molecular flexibility index (Phi) is 4.59. The summed E-state index contributed by atoms with van der Waals surface area (Å²) in [6.45, 7) is 4.00. The molecule has 0 radical (unpaired) electrons. The molecule has 2 heterocycles. The fourth-order valence-electron chi connectivity index (χ4n) is 1.46. The van der Waals surface area contributed by atoms with E-state index in [-0.39, 0.29) is 0 Å². The second-order valence-corrected chi connectivity index (χ2v) is 3.13. The van der Waals surface area contributed by atoms with Crippen LogP contribution in [0.5, 0.6) is 5.75 Å². The Bertz CT molecular complexity index is 412. The first kappa shape index (κ1) is 13.1. The molecule has 94 valence electrons. The zero-order chi connectivity index (χ0) is 12.8. The fraction of sp³-hybridized carbons (Fsp3) is 0.364. The number of aromatic nitrogens is 1. The lowest BCUT2D eigenvalue weighted by atomic mass is 10.3. The van der Waals surface area contributed by atoms with E-state index >= 15 is 0 Å². The van der Waals surface area contributed by atoms with Crippen molar-refractivity contribution in [3.63, 3.8) is 0 Å². The van der Waals surface area contributed by atoms with Crippen molar-refractivity contribution in [1.82, 2.24) is 21.0 Å². The Labute approximate surface area is 101 Å². The van der Waals surface area contributed by atoms with Crippen LogP contribution in [0.15, 0.2) is 12.3 Å². The number of nitrogens with one attached hydrogen (secondary N) is 3. The monoisotopic (exact) mass is 238 g/mol. The van der Waals surface area contributed by atoms with Crippen molar-refractivity contribution >= 4 is 12.0 Å². The molecule has 0 atom stereocenters. The van der Waals surface area contributed by atoms with E-state index in [4.69, 9.17) is 4.74 Å². The van der Waals surface area contributed by atoms with Gasteiger partial charge < -0.3 is 15.1 Å². The minimum absolute atomic E-state index is 0.439. The third-order valence-electron chi connectivity index (χ3n) is 2.23. The summed E-state index contributed by atoms with van der Waals surface area (Å²) in [6.07, 6.45) is 2.53. The van der Waals surface area contributed by atoms with Gasteiger partial charge in [-0.15, -0.1) is 5.53 Å². The first-order valence-electron chi connectivity index (χ1n) is 5.44. The van der Waals surface area contributed by atoms with Crippen molar-refractivity contribution in [3.05, 3.63) is 23.7 Å². The number of hydrogen-bond donors (Lipinski definition) is 3. The standard InChI is InChI=1S/C9H12N4O2.C2H6/c1-13-8(4-10-12-13)6-3-9(15-2)7(5-14)11-6;1-2/h3-5,10-12H,1-2H3;1-2H3. The van der Waals surface area contributed by atoms with Crippen LogP contribution in [0, 0.1) is 0 Å². The molecule has 0 saturated heterocycles. The number of hydrogen-bond acceptors (Lipinski definition) is 5. The normalized spacial score (nSPS) is 13.4. The van der Waals surface area contributed by atoms with Crippen LogP contribution in [0.1, 0.15) is 30.0 Å². The Morgan fingerprint density at radius 2 is 2.12 bits per heavy atom. The fourth-order valence-corrected chi connectivity index (χ4v) is 1.46. The summed E-state index contributed by atoms with van der Waals surface area (Å²) < 4.78 is 5.06. The van der Waals surface area contributed by atoms with Crippen molar-refractivity contribution in [2.24, 2.45) is 0 Å². The summed E-state index contributed by atoms with van der Waals surface area (Å²) in [5.74, 6) is 0.543. The molecule has 0 bridgehead atoms. The minimum atomic E-state index is 0.439. The summed E-state index contributed by atoms with van der Waals surface area (Å²) in [6, 6.07) is 1.78. The minimum Gasteiger partial charge on any atom is -0.494 e. The summed E-state index contributed by atoms with van der Waals surface area (Å²) in [4.78, 5) is 13.7. The molecule has 0 spiro atoms. The Morgan fingerprint density at radius 3 is 2.53 bits per heavy atom. The number of H-pyrrole nitrogens is 1. The van der Waals surface area contributed by atoms with Crippen molar-refractivity contribution in [3.8, 4) is 5.75 Å². The van der Waals surface area contributed by atoms with Gasteiger partial charge in [0.2, 0.25) is 0 Å². The molecule has 17 heavy (non-hydrogen) atoms. The highest BCUT2D eigenvalue weighted by Gasteiger charge is 2.16. The van der Waals surface area contributed by atoms with Crippen molar-refractivity contribution in [2.75, 3.05) is 14.2 Å². The van der Waals surface area contributed by atoms with E-state index in [9.17, 15) is 4.79 Å². The molecule has 0 fully saturated rings. The number of aldehydes is 1. The average Bonchev–Trinajstić information content (AvgIpc) is 2.96. The number of rotatable bonds is 3. The molecular weight excluding hydrogens is 220 g/mol. The van der Waals surface area contributed by atoms with Gasteiger partial charge >= 0.3 is 0 Å². The molecule has 1 aliphatic heterocycles. The van der Waals surface area contributed by atoms with E-state index in [1.807, 2.05) is 20.9 Å². The Balaban J connectivity index is 0.000000686. The van der Waals surface area contributed by atoms with E-state index in [1.54, 1.807) is 17.3 Å². The van der Waals surface area contributed by atoms with Gasteiger partial charge in [-0.2, -0.15) is 0 Å². The van der Waals surface area contributed by atoms with Gasteiger partial charge in [0.1, 0.15) is 11.4 Å². The predicted octanol–water partition coefficient (Wildman–Crippen LogP) is 1.12. The van der Waals surface area contributed by atoms with E-state index < -0.39 is 0 Å². The molecule has 0 aromatic carbocycles. The maximum absolute atomic E-state index is 10.7. The molecule has 6 heteroatoms. The highest BCUT2D eigenvalue weighted by molar-refractivity contribution is 5.79. The number of hydrazine groups is 2. The quantitative estimate of drug-likeness (QED) is 0.688. The first-order chi connectivity index (χ1) is 8.26. The third kappa shape index (κ3) is 2.59. The summed E-state index contributed by atoms with van der Waals surface area (Å²) in [5.41, 5.74) is 7.88. The van der Waals surface area contributed by atoms with Crippen LogP contribution < -0.4 is 15.7 Å². The van der Waals surface area contributed by atoms with Crippen molar-refractivity contribution < 1.29 is 9.53 Å². The number of nitrogens with zero attached hydrogens (tertiary/aromatic N) is 1. The molecular formula is C11H18N4O2. The van der Waals surface area contributed by atoms with E-state index in [0.717, 1.165) is 17.7 Å². The van der Waals surface area contributed by atoms with Gasteiger partial charge in [0.05, 0.1) is 18.5 Å². The molecule has 1 aromatic rings. The molecule has 3 N–H and O–H groups in total. The lowest BCUT2D eigenvalue weighted by Crippen LogP contribution is -2.33. The van der Waals surface area contributed by atoms with Crippen molar-refractivity contribution in [2.45, 2.75) is 13.8 Å². The van der Waals surface area contributed by atoms with Crippen LogP contribution >= 0.6 is 0 Å². The van der Waals surface area contributed by atoms with Crippen LogP contribution in [0.2, 0.25) is 0 Å². The van der Waals surface area contributed by atoms with E-state index in [1.165, 1.54) is 7.11 Å². The molecule has 1 aromatic heterocycles. The molecule has 0 unspecified atom stereocenters. The number of aromatic amines is 1. The first-order valence-corrected chi connectivity index (χ1v) is 5.44. The number of methoxy groups -OCH3 is 1. The van der Waals surface area contributed by atoms with Gasteiger partial charge in [0, 0.05) is 19.3 Å². The highest BCUT2D eigenvalue weighted by Crippen LogP contribution is 2.24. The maximum Gasteiger partial charge on any atom is 0.170 e. The van der Waals surface area contributed by atoms with Crippen LogP contribution in [0.25, 0.3) is 5.70 Å². The van der Waals surface area contributed by atoms with Gasteiger partial charge in [-0.05, 0) is 0 Å². The van der Waals surface area contributed by atoms with Gasteiger partial charge in [-0.1, -0.05) is 13.8 Å². The Hall–Kier alpha value is -1.95. The van der Waals surface area contributed by atoms with Gasteiger partial charge in [-0.25, -0.2) is 0 Å². The number of carbonyl (C=O) groups excluding carboxylic acids is 1. The van der Waals surface area contributed by atoms with Crippen LogP contribution in [-0.2, 0) is 0 Å². The van der Waals surface area contributed by atoms with Crippen LogP contribution in [0.4, 0.5) is 0 Å². The number of carbonyl (C=O) groups is 1. The van der Waals surface area contributed by atoms with Gasteiger partial charge in [0.25, 0.3) is 0 Å². The molecule has 2 rings (SSSR count). The molecule has 0 saturated carbocycles. The molecule has 1 aliphatic rings. The highest BCUT2D eigenvalue weighted by atomic mass is 16.5. The van der Waals surface area contributed by atoms with Gasteiger partial charge in [-0.3, -0.25) is 9.80 Å².